The minimum Gasteiger partial charge on any atom is -0.341 e. The molecule has 0 amide bonds. The van der Waals surface area contributed by atoms with Crippen LogP contribution in [0.1, 0.15) is 24.0 Å². The predicted octanol–water partition coefficient (Wildman–Crippen LogP) is 4.86. The minimum absolute atomic E-state index is 0.847. The summed E-state index contributed by atoms with van der Waals surface area (Å²) in [7, 11) is 0. The Balaban J connectivity index is 1.89. The van der Waals surface area contributed by atoms with Crippen molar-refractivity contribution in [3.8, 4) is 0 Å². The molecular weight excluding hydrogens is 320 g/mol. The van der Waals surface area contributed by atoms with Gasteiger partial charge in [0.05, 0.1) is 17.2 Å². The first-order valence-electron chi connectivity index (χ1n) is 6.44. The molecule has 0 N–H and O–H groups in total. The summed E-state index contributed by atoms with van der Waals surface area (Å²) in [6, 6.07) is 8.53. The van der Waals surface area contributed by atoms with Crippen LogP contribution in [0.2, 0.25) is 0 Å². The van der Waals surface area contributed by atoms with Gasteiger partial charge < -0.3 is 4.57 Å². The van der Waals surface area contributed by atoms with Crippen molar-refractivity contribution in [2.45, 2.75) is 26.3 Å². The first-order valence-corrected chi connectivity index (χ1v) is 8.11. The van der Waals surface area contributed by atoms with Gasteiger partial charge in [-0.1, -0.05) is 28.9 Å². The molecule has 2 aromatic heterocycles. The number of hydrogen-bond acceptors (Lipinski definition) is 2. The van der Waals surface area contributed by atoms with Gasteiger partial charge >= 0.3 is 0 Å². The highest BCUT2D eigenvalue weighted by atomic mass is 79.9. The molecule has 1 aromatic carbocycles. The van der Waals surface area contributed by atoms with E-state index in [1.54, 1.807) is 11.3 Å². The zero-order valence-corrected chi connectivity index (χ0v) is 13.2. The van der Waals surface area contributed by atoms with Crippen LogP contribution >= 0.6 is 27.3 Å². The van der Waals surface area contributed by atoms with E-state index in [0.717, 1.165) is 29.6 Å². The van der Waals surface area contributed by atoms with Crippen LogP contribution < -0.4 is 0 Å². The fourth-order valence-electron chi connectivity index (χ4n) is 2.22. The number of hydrogen-bond donors (Lipinski definition) is 0. The second-order valence-electron chi connectivity index (χ2n) is 4.63. The quantitative estimate of drug-likeness (QED) is 0.666. The zero-order valence-electron chi connectivity index (χ0n) is 10.8. The van der Waals surface area contributed by atoms with Gasteiger partial charge in [0.25, 0.3) is 0 Å². The number of halogens is 1. The molecule has 0 fully saturated rings. The maximum Gasteiger partial charge on any atom is 0.0928 e. The van der Waals surface area contributed by atoms with E-state index in [0.29, 0.717) is 0 Å². The van der Waals surface area contributed by atoms with E-state index in [4.69, 9.17) is 4.98 Å². The average Bonchev–Trinajstić information content (AvgIpc) is 2.98. The lowest BCUT2D eigenvalue weighted by Crippen LogP contribution is -1.98. The molecule has 0 aliphatic heterocycles. The predicted molar refractivity (Wildman–Crippen MR) is 84.8 cm³/mol. The average molecular weight is 335 g/mol. The second kappa shape index (κ2) is 5.47. The van der Waals surface area contributed by atoms with E-state index in [9.17, 15) is 0 Å². The largest absolute Gasteiger partial charge is 0.341 e. The molecule has 0 aliphatic carbocycles. The first-order chi connectivity index (χ1) is 9.26. The van der Waals surface area contributed by atoms with E-state index in [1.165, 1.54) is 15.9 Å². The molecule has 19 heavy (non-hydrogen) atoms. The third-order valence-electron chi connectivity index (χ3n) is 3.13. The van der Waals surface area contributed by atoms with Gasteiger partial charge in [0.2, 0.25) is 0 Å². The molecule has 3 aromatic rings. The van der Waals surface area contributed by atoms with Crippen molar-refractivity contribution in [1.82, 2.24) is 9.55 Å². The van der Waals surface area contributed by atoms with Crippen LogP contribution in [0.3, 0.4) is 0 Å². The van der Waals surface area contributed by atoms with E-state index in [1.807, 2.05) is 0 Å². The van der Waals surface area contributed by atoms with E-state index < -0.39 is 0 Å². The molecule has 0 saturated heterocycles. The summed E-state index contributed by atoms with van der Waals surface area (Å²) in [5.41, 5.74) is 2.41. The lowest BCUT2D eigenvalue weighted by Gasteiger charge is -2.03. The molecule has 0 atom stereocenters. The number of rotatable bonds is 4. The topological polar surface area (TPSA) is 17.8 Å². The van der Waals surface area contributed by atoms with Gasteiger partial charge in [-0.3, -0.25) is 0 Å². The van der Waals surface area contributed by atoms with Gasteiger partial charge in [-0.15, -0.1) is 11.3 Å². The monoisotopic (exact) mass is 334 g/mol. The third-order valence-corrected chi connectivity index (χ3v) is 4.58. The Labute approximate surface area is 125 Å². The summed E-state index contributed by atoms with van der Waals surface area (Å²) >= 11 is 5.31. The van der Waals surface area contributed by atoms with Crippen LogP contribution in [-0.4, -0.2) is 9.55 Å². The summed E-state index contributed by atoms with van der Waals surface area (Å²) in [6.07, 6.45) is 4.38. The standard InChI is InChI=1S/C15H15BrN2S/c1-2-3-15-17-13(10-19-15)9-18-7-6-11-4-5-12(16)8-14(11)18/h4-8,10H,2-3,9H2,1H3. The zero-order chi connectivity index (χ0) is 13.2. The van der Waals surface area contributed by atoms with Gasteiger partial charge in [0, 0.05) is 21.6 Å². The Bertz CT molecular complexity index is 699. The van der Waals surface area contributed by atoms with Crippen LogP contribution in [0.5, 0.6) is 0 Å². The van der Waals surface area contributed by atoms with Crippen LogP contribution in [0.4, 0.5) is 0 Å². The molecule has 2 heterocycles. The van der Waals surface area contributed by atoms with Crippen molar-refractivity contribution >= 4 is 38.2 Å². The van der Waals surface area contributed by atoms with E-state index in [-0.39, 0.29) is 0 Å². The van der Waals surface area contributed by atoms with Crippen LogP contribution in [-0.2, 0) is 13.0 Å². The highest BCUT2D eigenvalue weighted by Crippen LogP contribution is 2.22. The van der Waals surface area contributed by atoms with Crippen molar-refractivity contribution in [3.05, 3.63) is 51.0 Å². The summed E-state index contributed by atoms with van der Waals surface area (Å²) in [5.74, 6) is 0. The molecule has 2 nitrogen and oxygen atoms in total. The summed E-state index contributed by atoms with van der Waals surface area (Å²) in [6.45, 7) is 3.04. The van der Waals surface area contributed by atoms with Gasteiger partial charge in [-0.25, -0.2) is 4.98 Å². The third kappa shape index (κ3) is 2.74. The van der Waals surface area contributed by atoms with Crippen molar-refractivity contribution in [3.63, 3.8) is 0 Å². The maximum absolute atomic E-state index is 4.69. The normalized spacial score (nSPS) is 11.3. The Morgan fingerprint density at radius 3 is 3.05 bits per heavy atom. The highest BCUT2D eigenvalue weighted by Gasteiger charge is 2.05. The molecule has 0 saturated carbocycles. The maximum atomic E-state index is 4.69. The Morgan fingerprint density at radius 2 is 2.21 bits per heavy atom. The molecular formula is C15H15BrN2S. The fraction of sp³-hybridized carbons (Fsp3) is 0.267. The highest BCUT2D eigenvalue weighted by molar-refractivity contribution is 9.10. The van der Waals surface area contributed by atoms with Gasteiger partial charge in [-0.2, -0.15) is 0 Å². The van der Waals surface area contributed by atoms with Crippen molar-refractivity contribution in [2.75, 3.05) is 0 Å². The molecule has 0 aliphatic rings. The second-order valence-corrected chi connectivity index (χ2v) is 6.49. The number of benzene rings is 1. The van der Waals surface area contributed by atoms with Crippen molar-refractivity contribution < 1.29 is 0 Å². The van der Waals surface area contributed by atoms with E-state index in [2.05, 4.69) is 63.3 Å². The minimum atomic E-state index is 0.847. The summed E-state index contributed by atoms with van der Waals surface area (Å²) in [4.78, 5) is 4.69. The van der Waals surface area contributed by atoms with Gasteiger partial charge in [-0.05, 0) is 36.4 Å². The Hall–Kier alpha value is -1.13. The van der Waals surface area contributed by atoms with Crippen LogP contribution in [0.25, 0.3) is 10.9 Å². The number of thiazole rings is 1. The molecule has 0 radical (unpaired) electrons. The molecule has 4 heteroatoms. The van der Waals surface area contributed by atoms with Crippen LogP contribution in [0.15, 0.2) is 40.3 Å². The Morgan fingerprint density at radius 1 is 1.32 bits per heavy atom. The van der Waals surface area contributed by atoms with Crippen molar-refractivity contribution in [1.29, 1.82) is 0 Å². The van der Waals surface area contributed by atoms with Crippen LogP contribution in [0, 0.1) is 0 Å². The van der Waals surface area contributed by atoms with Gasteiger partial charge in [0.15, 0.2) is 0 Å². The molecule has 0 spiro atoms. The number of nitrogens with zero attached hydrogens (tertiary/aromatic N) is 2. The van der Waals surface area contributed by atoms with E-state index >= 15 is 0 Å². The molecule has 0 unspecified atom stereocenters. The smallest absolute Gasteiger partial charge is 0.0928 e. The Kier molecular flexibility index (Phi) is 3.71. The van der Waals surface area contributed by atoms with Gasteiger partial charge in [0.1, 0.15) is 0 Å². The fourth-order valence-corrected chi connectivity index (χ4v) is 3.46. The number of fused-ring (bicyclic) bond motifs is 1. The molecule has 3 rings (SSSR count). The number of aryl methyl sites for hydroxylation is 1. The number of aromatic nitrogens is 2. The summed E-state index contributed by atoms with van der Waals surface area (Å²) in [5, 5.41) is 4.69. The summed E-state index contributed by atoms with van der Waals surface area (Å²) < 4.78 is 3.37. The molecule has 98 valence electrons. The molecule has 0 bridgehead atoms. The lowest BCUT2D eigenvalue weighted by atomic mass is 10.2. The SMILES string of the molecule is CCCc1nc(Cn2ccc3ccc(Br)cc32)cs1. The first kappa shape index (κ1) is 12.9. The lowest BCUT2D eigenvalue weighted by molar-refractivity contribution is 0.801. The van der Waals surface area contributed by atoms with Crippen molar-refractivity contribution in [2.24, 2.45) is 0 Å².